The number of hydrogen-bond donors (Lipinski definition) is 1. The van der Waals surface area contributed by atoms with E-state index in [-0.39, 0.29) is 5.41 Å². The van der Waals surface area contributed by atoms with E-state index in [4.69, 9.17) is 4.74 Å². The maximum Gasteiger partial charge on any atom is 0.213 e. The summed E-state index contributed by atoms with van der Waals surface area (Å²) in [7, 11) is 1.63. The van der Waals surface area contributed by atoms with Gasteiger partial charge in [-0.25, -0.2) is 9.97 Å². The fourth-order valence-corrected chi connectivity index (χ4v) is 2.68. The van der Waals surface area contributed by atoms with Crippen LogP contribution in [0.5, 0.6) is 5.88 Å². The summed E-state index contributed by atoms with van der Waals surface area (Å²) in [6.45, 7) is 8.19. The highest BCUT2D eigenvalue weighted by Crippen LogP contribution is 2.26. The molecule has 108 valence electrons. The third-order valence-electron chi connectivity index (χ3n) is 2.83. The van der Waals surface area contributed by atoms with Crippen LogP contribution < -0.4 is 10.1 Å². The molecule has 2 rings (SSSR count). The Bertz CT molecular complexity index is 560. The zero-order valence-electron chi connectivity index (χ0n) is 12.4. The molecule has 0 amide bonds. The normalized spacial score (nSPS) is 11.6. The summed E-state index contributed by atoms with van der Waals surface area (Å²) in [5.74, 6) is 0.650. The van der Waals surface area contributed by atoms with Crippen LogP contribution in [-0.2, 0) is 18.5 Å². The first kappa shape index (κ1) is 14.9. The smallest absolute Gasteiger partial charge is 0.213 e. The van der Waals surface area contributed by atoms with Gasteiger partial charge in [0.15, 0.2) is 0 Å². The second kappa shape index (κ2) is 6.33. The molecule has 0 atom stereocenters. The number of ether oxygens (including phenoxy) is 1. The number of aromatic nitrogens is 2. The quantitative estimate of drug-likeness (QED) is 0.919. The Morgan fingerprint density at radius 3 is 2.70 bits per heavy atom. The van der Waals surface area contributed by atoms with Gasteiger partial charge in [0.05, 0.1) is 12.1 Å². The van der Waals surface area contributed by atoms with Crippen LogP contribution in [-0.4, -0.2) is 17.1 Å². The average Bonchev–Trinajstić information content (AvgIpc) is 2.88. The van der Waals surface area contributed by atoms with Crippen LogP contribution in [0.4, 0.5) is 0 Å². The van der Waals surface area contributed by atoms with Gasteiger partial charge in [0.2, 0.25) is 5.88 Å². The number of methoxy groups -OCH3 is 1. The van der Waals surface area contributed by atoms with Crippen molar-refractivity contribution in [3.05, 3.63) is 40.0 Å². The van der Waals surface area contributed by atoms with Crippen molar-refractivity contribution in [3.63, 3.8) is 0 Å². The lowest BCUT2D eigenvalue weighted by Gasteiger charge is -2.13. The number of thiazole rings is 1. The molecule has 0 aromatic carbocycles. The molecular weight excluding hydrogens is 270 g/mol. The molecule has 0 radical (unpaired) electrons. The van der Waals surface area contributed by atoms with E-state index in [0.717, 1.165) is 18.7 Å². The van der Waals surface area contributed by atoms with Crippen LogP contribution in [0, 0.1) is 0 Å². The second-order valence-corrected chi connectivity index (χ2v) is 6.81. The van der Waals surface area contributed by atoms with Gasteiger partial charge in [0.1, 0.15) is 0 Å². The minimum Gasteiger partial charge on any atom is -0.481 e. The van der Waals surface area contributed by atoms with E-state index in [0.29, 0.717) is 5.88 Å². The number of rotatable bonds is 5. The van der Waals surface area contributed by atoms with Gasteiger partial charge in [-0.05, 0) is 11.6 Å². The molecule has 1 N–H and O–H groups in total. The standard InChI is InChI=1S/C15H21N3OS/c1-15(2,3)14-18-10-12(20-14)9-16-8-11-5-6-17-13(7-11)19-4/h5-7,10,16H,8-9H2,1-4H3. The van der Waals surface area contributed by atoms with E-state index in [1.54, 1.807) is 24.6 Å². The second-order valence-electron chi connectivity index (χ2n) is 5.69. The summed E-state index contributed by atoms with van der Waals surface area (Å²) in [6, 6.07) is 3.93. The third-order valence-corrected chi connectivity index (χ3v) is 4.25. The lowest BCUT2D eigenvalue weighted by Crippen LogP contribution is -2.12. The monoisotopic (exact) mass is 291 g/mol. The molecule has 4 nitrogen and oxygen atoms in total. The van der Waals surface area contributed by atoms with Crippen LogP contribution >= 0.6 is 11.3 Å². The van der Waals surface area contributed by atoms with Crippen molar-refractivity contribution in [1.29, 1.82) is 0 Å². The molecule has 0 saturated carbocycles. The molecule has 0 aliphatic heterocycles. The molecule has 0 aliphatic carbocycles. The van der Waals surface area contributed by atoms with Crippen LogP contribution in [0.2, 0.25) is 0 Å². The molecule has 20 heavy (non-hydrogen) atoms. The van der Waals surface area contributed by atoms with Crippen LogP contribution in [0.25, 0.3) is 0 Å². The molecule has 0 fully saturated rings. The summed E-state index contributed by atoms with van der Waals surface area (Å²) >= 11 is 1.77. The van der Waals surface area contributed by atoms with Crippen molar-refractivity contribution in [2.45, 2.75) is 39.3 Å². The van der Waals surface area contributed by atoms with E-state index in [1.807, 2.05) is 18.3 Å². The van der Waals surface area contributed by atoms with Gasteiger partial charge in [-0.3, -0.25) is 0 Å². The number of hydrogen-bond acceptors (Lipinski definition) is 5. The molecule has 5 heteroatoms. The molecule has 2 aromatic rings. The minimum absolute atomic E-state index is 0.126. The third kappa shape index (κ3) is 4.02. The first-order valence-corrected chi connectivity index (χ1v) is 7.45. The van der Waals surface area contributed by atoms with Crippen LogP contribution in [0.15, 0.2) is 24.5 Å². The Labute approximate surface area is 124 Å². The van der Waals surface area contributed by atoms with Gasteiger partial charge in [0, 0.05) is 41.8 Å². The summed E-state index contributed by atoms with van der Waals surface area (Å²) in [5.41, 5.74) is 1.29. The molecule has 0 aliphatic rings. The van der Waals surface area contributed by atoms with Gasteiger partial charge in [-0.2, -0.15) is 0 Å². The van der Waals surface area contributed by atoms with Crippen LogP contribution in [0.3, 0.4) is 0 Å². The fourth-order valence-electron chi connectivity index (χ4n) is 1.74. The Morgan fingerprint density at radius 2 is 2.05 bits per heavy atom. The van der Waals surface area contributed by atoms with Gasteiger partial charge < -0.3 is 10.1 Å². The highest BCUT2D eigenvalue weighted by Gasteiger charge is 2.17. The first-order valence-electron chi connectivity index (χ1n) is 6.64. The Kier molecular flexibility index (Phi) is 4.73. The van der Waals surface area contributed by atoms with Gasteiger partial charge in [-0.15, -0.1) is 11.3 Å². The van der Waals surface area contributed by atoms with Crippen molar-refractivity contribution in [3.8, 4) is 5.88 Å². The Hall–Kier alpha value is -1.46. The molecule has 0 bridgehead atoms. The highest BCUT2D eigenvalue weighted by molar-refractivity contribution is 7.11. The summed E-state index contributed by atoms with van der Waals surface area (Å²) in [6.07, 6.45) is 3.73. The molecule has 0 saturated heterocycles. The van der Waals surface area contributed by atoms with Crippen molar-refractivity contribution in [2.24, 2.45) is 0 Å². The average molecular weight is 291 g/mol. The largest absolute Gasteiger partial charge is 0.481 e. The highest BCUT2D eigenvalue weighted by atomic mass is 32.1. The Morgan fingerprint density at radius 1 is 1.25 bits per heavy atom. The first-order chi connectivity index (χ1) is 9.49. The predicted molar refractivity (Wildman–Crippen MR) is 82.1 cm³/mol. The molecule has 2 aromatic heterocycles. The maximum absolute atomic E-state index is 5.11. The van der Waals surface area contributed by atoms with Gasteiger partial charge in [-0.1, -0.05) is 20.8 Å². The van der Waals surface area contributed by atoms with Gasteiger partial charge >= 0.3 is 0 Å². The molecule has 2 heterocycles. The summed E-state index contributed by atoms with van der Waals surface area (Å²) < 4.78 is 5.11. The van der Waals surface area contributed by atoms with Crippen LogP contribution in [0.1, 0.15) is 36.2 Å². The minimum atomic E-state index is 0.126. The van der Waals surface area contributed by atoms with Crippen molar-refractivity contribution >= 4 is 11.3 Å². The zero-order chi connectivity index (χ0) is 14.6. The van der Waals surface area contributed by atoms with E-state index in [2.05, 4.69) is 36.1 Å². The Balaban J connectivity index is 1.88. The maximum atomic E-state index is 5.11. The fraction of sp³-hybridized carbons (Fsp3) is 0.467. The number of nitrogens with one attached hydrogen (secondary N) is 1. The van der Waals surface area contributed by atoms with E-state index >= 15 is 0 Å². The molecule has 0 spiro atoms. The predicted octanol–water partition coefficient (Wildman–Crippen LogP) is 3.13. The topological polar surface area (TPSA) is 47.0 Å². The summed E-state index contributed by atoms with van der Waals surface area (Å²) in [5, 5.41) is 4.60. The zero-order valence-corrected chi connectivity index (χ0v) is 13.3. The number of pyridine rings is 1. The molecule has 0 unspecified atom stereocenters. The van der Waals surface area contributed by atoms with Gasteiger partial charge in [0.25, 0.3) is 0 Å². The number of nitrogens with zero attached hydrogens (tertiary/aromatic N) is 2. The lowest BCUT2D eigenvalue weighted by atomic mass is 9.98. The summed E-state index contributed by atoms with van der Waals surface area (Å²) in [4.78, 5) is 9.85. The molecular formula is C15H21N3OS. The van der Waals surface area contributed by atoms with E-state index in [9.17, 15) is 0 Å². The lowest BCUT2D eigenvalue weighted by molar-refractivity contribution is 0.397. The van der Waals surface area contributed by atoms with Crippen molar-refractivity contribution in [1.82, 2.24) is 15.3 Å². The van der Waals surface area contributed by atoms with Crippen molar-refractivity contribution < 1.29 is 4.74 Å². The SMILES string of the molecule is COc1cc(CNCc2cnc(C(C)(C)C)s2)ccn1. The van der Waals surface area contributed by atoms with Crippen molar-refractivity contribution in [2.75, 3.05) is 7.11 Å². The van der Waals surface area contributed by atoms with E-state index in [1.165, 1.54) is 9.88 Å². The van der Waals surface area contributed by atoms with E-state index < -0.39 is 0 Å².